The fraction of sp³-hybridized carbons (Fsp3) is 0.958. The van der Waals surface area contributed by atoms with Crippen molar-refractivity contribution in [3.63, 3.8) is 0 Å². The first-order valence-corrected chi connectivity index (χ1v) is 11.4. The van der Waals surface area contributed by atoms with Crippen LogP contribution in [0.2, 0.25) is 0 Å². The maximum Gasteiger partial charge on any atom is 0.313 e. The van der Waals surface area contributed by atoms with Gasteiger partial charge in [0.25, 0.3) is 0 Å². The molecule has 4 rings (SSSR count). The number of carbonyl (C=O) groups excluding carboxylic acids is 1. The summed E-state index contributed by atoms with van der Waals surface area (Å²) in [4.78, 5) is 13.0. The van der Waals surface area contributed by atoms with Crippen LogP contribution in [0.25, 0.3) is 0 Å². The third-order valence-electron chi connectivity index (χ3n) is 9.34. The maximum absolute atomic E-state index is 13.0. The third-order valence-corrected chi connectivity index (χ3v) is 9.34. The monoisotopic (exact) mass is 376 g/mol. The molecule has 3 nitrogen and oxygen atoms in total. The molecule has 0 aromatic carbocycles. The predicted molar refractivity (Wildman–Crippen MR) is 107 cm³/mol. The Labute approximate surface area is 165 Å². The smallest absolute Gasteiger partial charge is 0.313 e. The molecule has 4 bridgehead atoms. The van der Waals surface area contributed by atoms with Crippen LogP contribution < -0.4 is 0 Å². The third kappa shape index (κ3) is 2.98. The molecule has 4 aliphatic rings. The molecule has 0 heterocycles. The van der Waals surface area contributed by atoms with Crippen molar-refractivity contribution in [2.75, 3.05) is 0 Å². The molecular weight excluding hydrogens is 336 g/mol. The zero-order valence-corrected chi connectivity index (χ0v) is 18.4. The van der Waals surface area contributed by atoms with E-state index < -0.39 is 5.41 Å². The summed E-state index contributed by atoms with van der Waals surface area (Å²) < 4.78 is 13.2. The van der Waals surface area contributed by atoms with Crippen LogP contribution in [-0.2, 0) is 14.3 Å². The lowest BCUT2D eigenvalue weighted by atomic mass is 9.70. The number of esters is 1. The molecule has 0 aliphatic heterocycles. The molecular formula is C24H40O3. The minimum atomic E-state index is -0.442. The lowest BCUT2D eigenvalue weighted by molar-refractivity contribution is -0.259. The van der Waals surface area contributed by atoms with E-state index in [9.17, 15) is 4.79 Å². The summed E-state index contributed by atoms with van der Waals surface area (Å²) in [5.74, 6) is 1.48. The summed E-state index contributed by atoms with van der Waals surface area (Å²) in [5.41, 5.74) is 0.0406. The second-order valence-corrected chi connectivity index (χ2v) is 11.9. The molecule has 0 saturated heterocycles. The van der Waals surface area contributed by atoms with E-state index in [0.29, 0.717) is 0 Å². The first-order valence-electron chi connectivity index (χ1n) is 11.4. The van der Waals surface area contributed by atoms with Gasteiger partial charge in [-0.3, -0.25) is 4.79 Å². The molecule has 4 atom stereocenters. The lowest BCUT2D eigenvalue weighted by Gasteiger charge is -2.47. The Bertz CT molecular complexity index is 594. The minimum Gasteiger partial charge on any atom is -0.435 e. The molecule has 0 spiro atoms. The molecule has 27 heavy (non-hydrogen) atoms. The highest BCUT2D eigenvalue weighted by Gasteiger charge is 2.63. The SMILES string of the molecule is CCC(C)(C)C(=O)OC(OC1C2(C)CCC(C2)C1(C)C)C12CCC(CC1)C2. The van der Waals surface area contributed by atoms with Gasteiger partial charge in [0, 0.05) is 5.41 Å². The van der Waals surface area contributed by atoms with Gasteiger partial charge >= 0.3 is 5.97 Å². The van der Waals surface area contributed by atoms with Crippen LogP contribution in [0.5, 0.6) is 0 Å². The van der Waals surface area contributed by atoms with E-state index in [1.54, 1.807) is 0 Å². The van der Waals surface area contributed by atoms with E-state index in [2.05, 4.69) is 27.7 Å². The van der Waals surface area contributed by atoms with E-state index in [1.165, 1.54) is 38.5 Å². The standard InChI is InChI=1S/C24H40O3/c1-7-21(2,3)19(25)27-20(24-12-8-16(14-24)9-13-24)26-18-22(4,5)17-10-11-23(18,6)15-17/h16-18,20H,7-15H2,1-6H3. The molecule has 3 heteroatoms. The van der Waals surface area contributed by atoms with Crippen molar-refractivity contribution < 1.29 is 14.3 Å². The molecule has 0 N–H and O–H groups in total. The molecule has 4 aliphatic carbocycles. The highest BCUT2D eigenvalue weighted by atomic mass is 16.7. The van der Waals surface area contributed by atoms with Crippen molar-refractivity contribution in [2.45, 2.75) is 112 Å². The molecule has 0 aromatic heterocycles. The first kappa shape index (κ1) is 19.7. The minimum absolute atomic E-state index is 0.0679. The zero-order valence-electron chi connectivity index (χ0n) is 18.4. The molecule has 0 aromatic rings. The summed E-state index contributed by atoms with van der Waals surface area (Å²) >= 11 is 0. The Hall–Kier alpha value is -0.570. The van der Waals surface area contributed by atoms with Crippen LogP contribution in [0.15, 0.2) is 0 Å². The fourth-order valence-corrected chi connectivity index (χ4v) is 6.99. The topological polar surface area (TPSA) is 35.5 Å². The summed E-state index contributed by atoms with van der Waals surface area (Å²) in [7, 11) is 0. The Kier molecular flexibility index (Phi) is 4.54. The van der Waals surface area contributed by atoms with Crippen LogP contribution in [0.1, 0.15) is 99.3 Å². The highest BCUT2D eigenvalue weighted by molar-refractivity contribution is 5.76. The molecule has 154 valence electrons. The van der Waals surface area contributed by atoms with Crippen LogP contribution in [-0.4, -0.2) is 18.4 Å². The zero-order chi connectivity index (χ0) is 19.7. The van der Waals surface area contributed by atoms with Crippen molar-refractivity contribution in [2.24, 2.45) is 33.5 Å². The average molecular weight is 377 g/mol. The van der Waals surface area contributed by atoms with Crippen LogP contribution in [0.4, 0.5) is 0 Å². The molecule has 4 unspecified atom stereocenters. The quantitative estimate of drug-likeness (QED) is 0.415. The van der Waals surface area contributed by atoms with Crippen LogP contribution >= 0.6 is 0 Å². The number of fused-ring (bicyclic) bond motifs is 4. The van der Waals surface area contributed by atoms with Crippen molar-refractivity contribution in [3.8, 4) is 0 Å². The van der Waals surface area contributed by atoms with E-state index in [4.69, 9.17) is 9.47 Å². The Morgan fingerprint density at radius 3 is 2.22 bits per heavy atom. The Morgan fingerprint density at radius 2 is 1.74 bits per heavy atom. The lowest BCUT2D eigenvalue weighted by Crippen LogP contribution is -2.50. The van der Waals surface area contributed by atoms with E-state index >= 15 is 0 Å². The second kappa shape index (κ2) is 6.21. The van der Waals surface area contributed by atoms with Crippen molar-refractivity contribution in [1.82, 2.24) is 0 Å². The fourth-order valence-electron chi connectivity index (χ4n) is 6.99. The van der Waals surface area contributed by atoms with Crippen molar-refractivity contribution in [3.05, 3.63) is 0 Å². The Morgan fingerprint density at radius 1 is 1.07 bits per heavy atom. The normalized spacial score (nSPS) is 43.3. The summed E-state index contributed by atoms with van der Waals surface area (Å²) in [6, 6.07) is 0. The van der Waals surface area contributed by atoms with Gasteiger partial charge in [0.2, 0.25) is 6.29 Å². The van der Waals surface area contributed by atoms with Crippen molar-refractivity contribution in [1.29, 1.82) is 0 Å². The summed E-state index contributed by atoms with van der Waals surface area (Å²) in [5, 5.41) is 0. The number of ether oxygens (including phenoxy) is 2. The van der Waals surface area contributed by atoms with E-state index in [-0.39, 0.29) is 34.6 Å². The van der Waals surface area contributed by atoms with Crippen LogP contribution in [0.3, 0.4) is 0 Å². The first-order chi connectivity index (χ1) is 12.5. The van der Waals surface area contributed by atoms with Crippen LogP contribution in [0, 0.1) is 33.5 Å². The highest BCUT2D eigenvalue weighted by Crippen LogP contribution is 2.65. The van der Waals surface area contributed by atoms with Gasteiger partial charge in [-0.1, -0.05) is 27.7 Å². The number of hydrogen-bond donors (Lipinski definition) is 0. The van der Waals surface area contributed by atoms with Gasteiger partial charge in [0.15, 0.2) is 0 Å². The van der Waals surface area contributed by atoms with E-state index in [1.807, 2.05) is 13.8 Å². The second-order valence-electron chi connectivity index (χ2n) is 11.9. The van der Waals surface area contributed by atoms with Gasteiger partial charge in [-0.25, -0.2) is 0 Å². The van der Waals surface area contributed by atoms with Gasteiger partial charge in [0.1, 0.15) is 0 Å². The average Bonchev–Trinajstić information content (AvgIpc) is 3.35. The van der Waals surface area contributed by atoms with Gasteiger partial charge in [-0.2, -0.15) is 0 Å². The predicted octanol–water partition coefficient (Wildman–Crippen LogP) is 6.10. The molecule has 0 amide bonds. The number of rotatable bonds is 6. The van der Waals surface area contributed by atoms with Gasteiger partial charge in [0.05, 0.1) is 11.5 Å². The number of carbonyl (C=O) groups is 1. The molecule has 0 radical (unpaired) electrons. The number of hydrogen-bond acceptors (Lipinski definition) is 3. The Balaban J connectivity index is 1.60. The maximum atomic E-state index is 13.0. The largest absolute Gasteiger partial charge is 0.435 e. The van der Waals surface area contributed by atoms with Gasteiger partial charge < -0.3 is 9.47 Å². The van der Waals surface area contributed by atoms with Gasteiger partial charge in [-0.05, 0) is 94.3 Å². The summed E-state index contributed by atoms with van der Waals surface area (Å²) in [6.07, 6.45) is 10.5. The van der Waals surface area contributed by atoms with E-state index in [0.717, 1.165) is 31.1 Å². The molecule has 4 fully saturated rings. The van der Waals surface area contributed by atoms with Gasteiger partial charge in [-0.15, -0.1) is 0 Å². The molecule has 4 saturated carbocycles. The van der Waals surface area contributed by atoms with Crippen molar-refractivity contribution >= 4 is 5.97 Å². The summed E-state index contributed by atoms with van der Waals surface area (Å²) in [6.45, 7) is 13.2.